The monoisotopic (exact) mass is 402 g/mol. The van der Waals surface area contributed by atoms with Crippen LogP contribution in [0.5, 0.6) is 0 Å². The van der Waals surface area contributed by atoms with Gasteiger partial charge in [0.1, 0.15) is 5.65 Å². The van der Waals surface area contributed by atoms with Crippen LogP contribution in [0, 0.1) is 5.41 Å². The van der Waals surface area contributed by atoms with Crippen molar-refractivity contribution in [1.82, 2.24) is 19.4 Å². The van der Waals surface area contributed by atoms with Gasteiger partial charge in [0.15, 0.2) is 5.69 Å². The van der Waals surface area contributed by atoms with Crippen LogP contribution in [0.2, 0.25) is 0 Å². The highest BCUT2D eigenvalue weighted by molar-refractivity contribution is 5.79. The Morgan fingerprint density at radius 3 is 2.66 bits per heavy atom. The van der Waals surface area contributed by atoms with E-state index in [0.29, 0.717) is 11.1 Å². The molecule has 5 heterocycles. The van der Waals surface area contributed by atoms with Crippen molar-refractivity contribution < 1.29 is 17.9 Å². The summed E-state index contributed by atoms with van der Waals surface area (Å²) in [4.78, 5) is 10.4. The molecule has 2 aliphatic heterocycles. The molecule has 3 aromatic heterocycles. The van der Waals surface area contributed by atoms with Crippen LogP contribution < -0.4 is 0 Å². The topological polar surface area (TPSA) is 43.2 Å². The van der Waals surface area contributed by atoms with Gasteiger partial charge < -0.3 is 4.74 Å². The number of likely N-dealkylation sites (tertiary alicyclic amines) is 1. The first-order valence-corrected chi connectivity index (χ1v) is 9.72. The molecule has 0 aliphatic carbocycles. The summed E-state index contributed by atoms with van der Waals surface area (Å²) in [6, 6.07) is 6.73. The maximum absolute atomic E-state index is 13.3. The van der Waals surface area contributed by atoms with Crippen LogP contribution in [0.1, 0.15) is 24.1 Å². The Kier molecular flexibility index (Phi) is 4.36. The van der Waals surface area contributed by atoms with Crippen molar-refractivity contribution in [2.24, 2.45) is 5.41 Å². The molecule has 3 aromatic rings. The number of rotatable bonds is 3. The second kappa shape index (κ2) is 6.81. The average Bonchev–Trinajstić information content (AvgIpc) is 3.10. The third kappa shape index (κ3) is 3.40. The molecule has 29 heavy (non-hydrogen) atoms. The van der Waals surface area contributed by atoms with Gasteiger partial charge in [-0.05, 0) is 42.7 Å². The van der Waals surface area contributed by atoms with Crippen molar-refractivity contribution in [2.45, 2.75) is 25.6 Å². The van der Waals surface area contributed by atoms with Crippen molar-refractivity contribution in [3.63, 3.8) is 0 Å². The zero-order valence-corrected chi connectivity index (χ0v) is 15.8. The van der Waals surface area contributed by atoms with E-state index in [2.05, 4.69) is 14.9 Å². The highest BCUT2D eigenvalue weighted by Crippen LogP contribution is 2.40. The van der Waals surface area contributed by atoms with Gasteiger partial charge in [-0.25, -0.2) is 9.97 Å². The molecule has 0 N–H and O–H groups in total. The summed E-state index contributed by atoms with van der Waals surface area (Å²) in [5.74, 6) is 0. The van der Waals surface area contributed by atoms with Crippen LogP contribution in [-0.4, -0.2) is 45.7 Å². The first-order chi connectivity index (χ1) is 13.9. The Morgan fingerprint density at radius 1 is 1.10 bits per heavy atom. The number of pyridine rings is 2. The van der Waals surface area contributed by atoms with Crippen LogP contribution in [0.25, 0.3) is 16.7 Å². The molecule has 5 nitrogen and oxygen atoms in total. The summed E-state index contributed by atoms with van der Waals surface area (Å²) >= 11 is 0. The fourth-order valence-corrected chi connectivity index (χ4v) is 4.55. The van der Waals surface area contributed by atoms with E-state index in [-0.39, 0.29) is 5.69 Å². The lowest BCUT2D eigenvalue weighted by atomic mass is 9.73. The van der Waals surface area contributed by atoms with E-state index in [1.165, 1.54) is 16.7 Å². The second-order valence-corrected chi connectivity index (χ2v) is 8.07. The fraction of sp³-hybridized carbons (Fsp3) is 0.429. The van der Waals surface area contributed by atoms with Crippen molar-refractivity contribution in [1.29, 1.82) is 0 Å². The van der Waals surface area contributed by atoms with Crippen LogP contribution >= 0.6 is 0 Å². The van der Waals surface area contributed by atoms with Gasteiger partial charge in [-0.3, -0.25) is 9.47 Å². The number of nitrogens with zero attached hydrogens (tertiary/aromatic N) is 4. The lowest BCUT2D eigenvalue weighted by molar-refractivity contribution is -0.141. The Bertz CT molecular complexity index is 1030. The number of fused-ring (bicyclic) bond motifs is 1. The summed E-state index contributed by atoms with van der Waals surface area (Å²) in [5, 5.41) is 0.820. The average molecular weight is 402 g/mol. The number of hydrogen-bond acceptors (Lipinski definition) is 4. The standard InChI is InChI=1S/C21H21F3N4O/c22-21(23,24)18-17(2-1-6-25-18)28-7-3-16-10-15(11-26-19(16)28)12-27-13-20(14-27)4-8-29-9-5-20/h1-3,6-7,10-11H,4-5,8-9,12-14H2. The van der Waals surface area contributed by atoms with Gasteiger partial charge in [-0.2, -0.15) is 13.2 Å². The molecule has 5 rings (SSSR count). The van der Waals surface area contributed by atoms with Gasteiger partial charge >= 0.3 is 6.18 Å². The molecule has 0 bridgehead atoms. The lowest BCUT2D eigenvalue weighted by Crippen LogP contribution is -2.57. The van der Waals surface area contributed by atoms with Gasteiger partial charge in [0.2, 0.25) is 0 Å². The Morgan fingerprint density at radius 2 is 1.90 bits per heavy atom. The number of hydrogen-bond donors (Lipinski definition) is 0. The Balaban J connectivity index is 1.38. The molecule has 0 aromatic carbocycles. The summed E-state index contributed by atoms with van der Waals surface area (Å²) in [6.45, 7) is 4.64. The van der Waals surface area contributed by atoms with E-state index in [1.54, 1.807) is 18.5 Å². The SMILES string of the molecule is FC(F)(F)c1ncccc1-n1ccc2cc(CN3CC4(CCOCC4)C3)cnc21. The zero-order chi connectivity index (χ0) is 20.1. The summed E-state index contributed by atoms with van der Waals surface area (Å²) in [5.41, 5.74) is 1.05. The predicted molar refractivity (Wildman–Crippen MR) is 102 cm³/mol. The van der Waals surface area contributed by atoms with E-state index in [1.807, 2.05) is 6.07 Å². The fourth-order valence-electron chi connectivity index (χ4n) is 4.55. The lowest BCUT2D eigenvalue weighted by Gasteiger charge is -2.52. The zero-order valence-electron chi connectivity index (χ0n) is 15.8. The van der Waals surface area contributed by atoms with Gasteiger partial charge in [-0.1, -0.05) is 0 Å². The molecule has 2 aliphatic rings. The van der Waals surface area contributed by atoms with E-state index in [4.69, 9.17) is 4.74 Å². The second-order valence-electron chi connectivity index (χ2n) is 8.07. The molecule has 0 unspecified atom stereocenters. The molecule has 2 saturated heterocycles. The van der Waals surface area contributed by atoms with Gasteiger partial charge in [0.25, 0.3) is 0 Å². The highest BCUT2D eigenvalue weighted by Gasteiger charge is 2.43. The quantitative estimate of drug-likeness (QED) is 0.663. The van der Waals surface area contributed by atoms with Gasteiger partial charge in [0, 0.05) is 62.2 Å². The maximum Gasteiger partial charge on any atom is 0.435 e. The molecular formula is C21H21F3N4O. The molecule has 0 atom stereocenters. The smallest absolute Gasteiger partial charge is 0.381 e. The maximum atomic E-state index is 13.3. The van der Waals surface area contributed by atoms with E-state index in [0.717, 1.165) is 62.8 Å². The summed E-state index contributed by atoms with van der Waals surface area (Å²) in [6.07, 6.45) is 2.25. The highest BCUT2D eigenvalue weighted by atomic mass is 19.4. The minimum Gasteiger partial charge on any atom is -0.381 e. The Hall–Kier alpha value is -2.45. The largest absolute Gasteiger partial charge is 0.435 e. The van der Waals surface area contributed by atoms with Crippen LogP contribution in [-0.2, 0) is 17.5 Å². The molecule has 2 fully saturated rings. The first-order valence-electron chi connectivity index (χ1n) is 9.72. The van der Waals surface area contributed by atoms with Crippen LogP contribution in [0.3, 0.4) is 0 Å². The number of aromatic nitrogens is 3. The Labute approximate surface area is 166 Å². The summed E-state index contributed by atoms with van der Waals surface area (Å²) < 4.78 is 46.9. The van der Waals surface area contributed by atoms with E-state index in [9.17, 15) is 13.2 Å². The number of alkyl halides is 3. The molecule has 0 saturated carbocycles. The van der Waals surface area contributed by atoms with E-state index >= 15 is 0 Å². The first kappa shape index (κ1) is 18.6. The van der Waals surface area contributed by atoms with E-state index < -0.39 is 11.9 Å². The molecule has 152 valence electrons. The molecule has 8 heteroatoms. The van der Waals surface area contributed by atoms with Gasteiger partial charge in [-0.15, -0.1) is 0 Å². The third-order valence-corrected chi connectivity index (χ3v) is 5.98. The minimum absolute atomic E-state index is 0.0144. The molecule has 0 radical (unpaired) electrons. The number of halogens is 3. The van der Waals surface area contributed by atoms with Crippen molar-refractivity contribution in [2.75, 3.05) is 26.3 Å². The summed E-state index contributed by atoms with van der Waals surface area (Å²) in [7, 11) is 0. The van der Waals surface area contributed by atoms with Crippen LogP contribution in [0.15, 0.2) is 42.9 Å². The number of ether oxygens (including phenoxy) is 1. The predicted octanol–water partition coefficient (Wildman–Crippen LogP) is 4.05. The van der Waals surface area contributed by atoms with Crippen molar-refractivity contribution in [3.8, 4) is 5.69 Å². The minimum atomic E-state index is -4.52. The third-order valence-electron chi connectivity index (χ3n) is 5.98. The molecule has 1 spiro atoms. The van der Waals surface area contributed by atoms with Crippen molar-refractivity contribution >= 4 is 11.0 Å². The van der Waals surface area contributed by atoms with Gasteiger partial charge in [0.05, 0.1) is 5.69 Å². The van der Waals surface area contributed by atoms with Crippen molar-refractivity contribution in [3.05, 3.63) is 54.1 Å². The molecule has 0 amide bonds. The van der Waals surface area contributed by atoms with Crippen LogP contribution in [0.4, 0.5) is 13.2 Å². The normalized spacial score (nSPS) is 19.6. The molecular weight excluding hydrogens is 381 g/mol.